The smallest absolute Gasteiger partial charge is 0.321 e. The molecule has 1 heterocycles. The van der Waals surface area contributed by atoms with Crippen LogP contribution in [0.25, 0.3) is 0 Å². The van der Waals surface area contributed by atoms with Gasteiger partial charge in [-0.15, -0.1) is 0 Å². The quantitative estimate of drug-likeness (QED) is 0.831. The second-order valence-electron chi connectivity index (χ2n) is 4.93. The Morgan fingerprint density at radius 1 is 1.36 bits per heavy atom. The van der Waals surface area contributed by atoms with Crippen molar-refractivity contribution in [1.82, 2.24) is 4.90 Å². The third kappa shape index (κ3) is 4.33. The molecule has 5 nitrogen and oxygen atoms in total. The van der Waals surface area contributed by atoms with E-state index in [0.29, 0.717) is 36.8 Å². The van der Waals surface area contributed by atoms with E-state index < -0.39 is 23.7 Å². The second-order valence-corrected chi connectivity index (χ2v) is 5.96. The molecule has 1 aromatic rings. The zero-order valence-electron chi connectivity index (χ0n) is 11.7. The molecular weight excluding hydrogens is 314 g/mol. The molecule has 0 aromatic heterocycles. The lowest BCUT2D eigenvalue weighted by molar-refractivity contribution is -0.143. The van der Waals surface area contributed by atoms with Crippen LogP contribution in [0, 0.1) is 5.92 Å². The first-order valence-corrected chi connectivity index (χ1v) is 7.68. The minimum Gasteiger partial charge on any atom is -0.481 e. The molecule has 22 heavy (non-hydrogen) atoms. The number of hydrogen-bond donors (Lipinski definition) is 2. The van der Waals surface area contributed by atoms with Crippen molar-refractivity contribution in [3.63, 3.8) is 0 Å². The van der Waals surface area contributed by atoms with Gasteiger partial charge in [-0.05, 0) is 25.0 Å². The van der Waals surface area contributed by atoms with Crippen molar-refractivity contribution in [2.24, 2.45) is 5.92 Å². The number of piperidine rings is 1. The molecule has 2 N–H and O–H groups in total. The molecule has 1 aromatic carbocycles. The number of alkyl halides is 2. The van der Waals surface area contributed by atoms with E-state index in [9.17, 15) is 18.4 Å². The third-order valence-electron chi connectivity index (χ3n) is 3.40. The van der Waals surface area contributed by atoms with Crippen LogP contribution in [0.15, 0.2) is 29.2 Å². The molecule has 2 amide bonds. The number of nitrogens with one attached hydrogen (secondary N) is 1. The van der Waals surface area contributed by atoms with Crippen LogP contribution in [0.3, 0.4) is 0 Å². The lowest BCUT2D eigenvalue weighted by Gasteiger charge is -2.30. The molecule has 1 aliphatic heterocycles. The number of urea groups is 1. The Balaban J connectivity index is 2.04. The number of thioether (sulfide) groups is 1. The van der Waals surface area contributed by atoms with Crippen molar-refractivity contribution in [2.45, 2.75) is 23.5 Å². The van der Waals surface area contributed by atoms with Crippen LogP contribution in [-0.4, -0.2) is 40.9 Å². The molecule has 2 rings (SSSR count). The topological polar surface area (TPSA) is 69.6 Å². The van der Waals surface area contributed by atoms with Gasteiger partial charge in [0, 0.05) is 18.0 Å². The Morgan fingerprint density at radius 2 is 2.09 bits per heavy atom. The summed E-state index contributed by atoms with van der Waals surface area (Å²) in [7, 11) is 0. The Bertz CT molecular complexity index is 557. The van der Waals surface area contributed by atoms with Crippen LogP contribution < -0.4 is 5.32 Å². The monoisotopic (exact) mass is 330 g/mol. The second kappa shape index (κ2) is 7.44. The van der Waals surface area contributed by atoms with E-state index in [2.05, 4.69) is 5.32 Å². The Hall–Kier alpha value is -1.83. The fourth-order valence-corrected chi connectivity index (χ4v) is 2.92. The van der Waals surface area contributed by atoms with E-state index >= 15 is 0 Å². The number of para-hydroxylation sites is 1. The van der Waals surface area contributed by atoms with Crippen molar-refractivity contribution in [2.75, 3.05) is 18.4 Å². The first-order chi connectivity index (χ1) is 10.5. The number of carboxylic acid groups (broad SMARTS) is 1. The van der Waals surface area contributed by atoms with E-state index in [4.69, 9.17) is 5.11 Å². The summed E-state index contributed by atoms with van der Waals surface area (Å²) in [5, 5.41) is 11.6. The number of halogens is 2. The summed E-state index contributed by atoms with van der Waals surface area (Å²) in [6.07, 6.45) is 1.15. The average molecular weight is 330 g/mol. The number of nitrogens with zero attached hydrogens (tertiary/aromatic N) is 1. The van der Waals surface area contributed by atoms with Gasteiger partial charge in [0.1, 0.15) is 0 Å². The predicted octanol–water partition coefficient (Wildman–Crippen LogP) is 3.33. The first kappa shape index (κ1) is 16.5. The van der Waals surface area contributed by atoms with Gasteiger partial charge in [0.25, 0.3) is 5.76 Å². The zero-order valence-corrected chi connectivity index (χ0v) is 12.5. The molecule has 1 saturated heterocycles. The summed E-state index contributed by atoms with van der Waals surface area (Å²) in [6, 6.07) is 5.83. The normalized spacial score (nSPS) is 18.3. The van der Waals surface area contributed by atoms with Gasteiger partial charge >= 0.3 is 12.0 Å². The molecule has 1 atom stereocenters. The maximum absolute atomic E-state index is 12.5. The highest BCUT2D eigenvalue weighted by molar-refractivity contribution is 7.99. The zero-order chi connectivity index (χ0) is 16.1. The van der Waals surface area contributed by atoms with E-state index in [0.717, 1.165) is 0 Å². The standard InChI is InChI=1S/C14H16F2N2O3S/c15-13(16)22-11-6-2-1-5-10(11)17-14(21)18-7-3-4-9(8-18)12(19)20/h1-2,5-6,9,13H,3-4,7-8H2,(H,17,21)(H,19,20). The van der Waals surface area contributed by atoms with Crippen LogP contribution >= 0.6 is 11.8 Å². The molecule has 0 radical (unpaired) electrons. The summed E-state index contributed by atoms with van der Waals surface area (Å²) >= 11 is 0.358. The number of aliphatic carboxylic acids is 1. The van der Waals surface area contributed by atoms with Gasteiger partial charge < -0.3 is 15.3 Å². The first-order valence-electron chi connectivity index (χ1n) is 6.80. The molecule has 8 heteroatoms. The number of amides is 2. The molecule has 1 unspecified atom stereocenters. The molecule has 120 valence electrons. The maximum Gasteiger partial charge on any atom is 0.321 e. The van der Waals surface area contributed by atoms with E-state index in [1.807, 2.05) is 0 Å². The summed E-state index contributed by atoms with van der Waals surface area (Å²) < 4.78 is 25.0. The predicted molar refractivity (Wildman–Crippen MR) is 79.3 cm³/mol. The number of carboxylic acids is 1. The summed E-state index contributed by atoms with van der Waals surface area (Å²) in [5.74, 6) is -4.08. The molecule has 0 spiro atoms. The summed E-state index contributed by atoms with van der Waals surface area (Å²) in [6.45, 7) is 0.588. The highest BCUT2D eigenvalue weighted by Crippen LogP contribution is 2.32. The van der Waals surface area contributed by atoms with Crippen molar-refractivity contribution < 1.29 is 23.5 Å². The molecule has 0 aliphatic carbocycles. The lowest BCUT2D eigenvalue weighted by Crippen LogP contribution is -2.44. The number of rotatable bonds is 4. The number of carbonyl (C=O) groups is 2. The number of likely N-dealkylation sites (tertiary alicyclic amines) is 1. The Morgan fingerprint density at radius 3 is 2.77 bits per heavy atom. The average Bonchev–Trinajstić information content (AvgIpc) is 2.49. The van der Waals surface area contributed by atoms with Crippen LogP contribution in [0.5, 0.6) is 0 Å². The van der Waals surface area contributed by atoms with Gasteiger partial charge in [-0.25, -0.2) is 4.79 Å². The highest BCUT2D eigenvalue weighted by atomic mass is 32.2. The minimum atomic E-state index is -2.58. The fourth-order valence-electron chi connectivity index (χ4n) is 2.33. The third-order valence-corrected chi connectivity index (χ3v) is 4.19. The van der Waals surface area contributed by atoms with Crippen molar-refractivity contribution in [3.8, 4) is 0 Å². The van der Waals surface area contributed by atoms with Crippen molar-refractivity contribution in [1.29, 1.82) is 0 Å². The fraction of sp³-hybridized carbons (Fsp3) is 0.429. The molecule has 0 bridgehead atoms. The van der Waals surface area contributed by atoms with E-state index in [1.54, 1.807) is 18.2 Å². The van der Waals surface area contributed by atoms with E-state index in [1.165, 1.54) is 11.0 Å². The van der Waals surface area contributed by atoms with Crippen LogP contribution in [0.2, 0.25) is 0 Å². The number of benzene rings is 1. The maximum atomic E-state index is 12.5. The number of carbonyl (C=O) groups excluding carboxylic acids is 1. The summed E-state index contributed by atoms with van der Waals surface area (Å²) in [4.78, 5) is 24.9. The van der Waals surface area contributed by atoms with Crippen LogP contribution in [-0.2, 0) is 4.79 Å². The van der Waals surface area contributed by atoms with Gasteiger partial charge in [0.15, 0.2) is 0 Å². The molecule has 1 aliphatic rings. The molecule has 1 fully saturated rings. The molecular formula is C14H16F2N2O3S. The Kier molecular flexibility index (Phi) is 5.59. The lowest BCUT2D eigenvalue weighted by atomic mass is 9.99. The number of hydrogen-bond acceptors (Lipinski definition) is 3. The SMILES string of the molecule is O=C(O)C1CCCN(C(=O)Nc2ccccc2SC(F)F)C1. The van der Waals surface area contributed by atoms with Crippen LogP contribution in [0.1, 0.15) is 12.8 Å². The summed E-state index contributed by atoms with van der Waals surface area (Å²) in [5.41, 5.74) is 0.301. The van der Waals surface area contributed by atoms with Crippen LogP contribution in [0.4, 0.5) is 19.3 Å². The van der Waals surface area contributed by atoms with Gasteiger partial charge in [-0.2, -0.15) is 8.78 Å². The largest absolute Gasteiger partial charge is 0.481 e. The van der Waals surface area contributed by atoms with Gasteiger partial charge in [-0.1, -0.05) is 23.9 Å². The Labute approximate surface area is 130 Å². The van der Waals surface area contributed by atoms with Gasteiger partial charge in [-0.3, -0.25) is 4.79 Å². The van der Waals surface area contributed by atoms with Gasteiger partial charge in [0.05, 0.1) is 11.6 Å². The molecule has 0 saturated carbocycles. The highest BCUT2D eigenvalue weighted by Gasteiger charge is 2.28. The van der Waals surface area contributed by atoms with E-state index in [-0.39, 0.29) is 11.4 Å². The van der Waals surface area contributed by atoms with Gasteiger partial charge in [0.2, 0.25) is 0 Å². The van der Waals surface area contributed by atoms with Crippen molar-refractivity contribution >= 4 is 29.4 Å². The number of anilines is 1. The van der Waals surface area contributed by atoms with Crippen molar-refractivity contribution in [3.05, 3.63) is 24.3 Å². The minimum absolute atomic E-state index is 0.130.